The fourth-order valence-electron chi connectivity index (χ4n) is 3.23. The molecule has 0 amide bonds. The average molecular weight is 496 g/mol. The second kappa shape index (κ2) is 11.0. The van der Waals surface area contributed by atoms with Crippen LogP contribution >= 0.6 is 0 Å². The van der Waals surface area contributed by atoms with Crippen molar-refractivity contribution in [2.24, 2.45) is 0 Å². The molecule has 0 bridgehead atoms. The molecular weight excluding hydrogens is 465 g/mol. The van der Waals surface area contributed by atoms with Gasteiger partial charge in [0.15, 0.2) is 0 Å². The molecule has 0 unspecified atom stereocenters. The summed E-state index contributed by atoms with van der Waals surface area (Å²) in [6.07, 6.45) is -0.422. The van der Waals surface area contributed by atoms with Gasteiger partial charge in [0.05, 0.1) is 36.3 Å². The van der Waals surface area contributed by atoms with E-state index in [1.807, 2.05) is 13.8 Å². The van der Waals surface area contributed by atoms with Gasteiger partial charge >= 0.3 is 5.97 Å². The van der Waals surface area contributed by atoms with E-state index in [-0.39, 0.29) is 18.3 Å². The number of benzene rings is 1. The predicted octanol–water partition coefficient (Wildman–Crippen LogP) is 2.79. The summed E-state index contributed by atoms with van der Waals surface area (Å²) in [6.45, 7) is 5.34. The largest absolute Gasteiger partial charge is 0.481 e. The number of carbonyl (C=O) groups is 1. The monoisotopic (exact) mass is 495 g/mol. The zero-order valence-corrected chi connectivity index (χ0v) is 20.5. The number of aliphatic hydroxyl groups is 2. The average Bonchev–Trinajstić information content (AvgIpc) is 2.72. The van der Waals surface area contributed by atoms with E-state index in [4.69, 9.17) is 5.11 Å². The van der Waals surface area contributed by atoms with Crippen molar-refractivity contribution in [2.45, 2.75) is 51.7 Å². The molecule has 2 rings (SSSR count). The first-order chi connectivity index (χ1) is 15.7. The van der Waals surface area contributed by atoms with Crippen molar-refractivity contribution in [1.82, 2.24) is 9.97 Å². The first kappa shape index (κ1) is 27.4. The van der Waals surface area contributed by atoms with E-state index < -0.39 is 40.4 Å². The Kier molecular flexibility index (Phi) is 8.87. The van der Waals surface area contributed by atoms with Crippen LogP contribution < -0.4 is 4.31 Å². The van der Waals surface area contributed by atoms with E-state index >= 15 is 0 Å². The van der Waals surface area contributed by atoms with Crippen molar-refractivity contribution in [3.05, 3.63) is 46.9 Å². The number of carboxylic acids is 1. The molecule has 2 atom stereocenters. The van der Waals surface area contributed by atoms with Crippen molar-refractivity contribution < 1.29 is 32.9 Å². The molecule has 3 N–H and O–H groups in total. The smallest absolute Gasteiger partial charge is 0.305 e. The Balaban J connectivity index is 2.70. The zero-order valence-electron chi connectivity index (χ0n) is 19.7. The van der Waals surface area contributed by atoms with E-state index in [9.17, 15) is 27.8 Å². The van der Waals surface area contributed by atoms with Crippen LogP contribution in [0.5, 0.6) is 0 Å². The van der Waals surface area contributed by atoms with Crippen LogP contribution in [-0.2, 0) is 14.8 Å². The van der Waals surface area contributed by atoms with Gasteiger partial charge in [-0.3, -0.25) is 4.79 Å². The Labute approximate surface area is 198 Å². The van der Waals surface area contributed by atoms with Crippen LogP contribution in [0, 0.1) is 5.82 Å². The summed E-state index contributed by atoms with van der Waals surface area (Å²) < 4.78 is 38.8. The third-order valence-electron chi connectivity index (χ3n) is 5.21. The van der Waals surface area contributed by atoms with Gasteiger partial charge in [0, 0.05) is 24.6 Å². The summed E-state index contributed by atoms with van der Waals surface area (Å²) >= 11 is 0. The van der Waals surface area contributed by atoms with Crippen LogP contribution in [-0.4, -0.2) is 65.2 Å². The van der Waals surface area contributed by atoms with Crippen molar-refractivity contribution >= 4 is 28.0 Å². The molecule has 0 aliphatic rings. The number of hydrogen-bond donors (Lipinski definition) is 3. The lowest BCUT2D eigenvalue weighted by Crippen LogP contribution is -2.27. The third-order valence-corrected chi connectivity index (χ3v) is 6.37. The Bertz CT molecular complexity index is 1170. The van der Waals surface area contributed by atoms with Crippen molar-refractivity contribution in [3.63, 3.8) is 0 Å². The van der Waals surface area contributed by atoms with Crippen LogP contribution in [0.3, 0.4) is 0 Å². The molecule has 1 aromatic carbocycles. The molecule has 11 heteroatoms. The van der Waals surface area contributed by atoms with Gasteiger partial charge in [-0.25, -0.2) is 27.1 Å². The fraction of sp³-hybridized carbons (Fsp3) is 0.435. The molecule has 0 radical (unpaired) electrons. The van der Waals surface area contributed by atoms with Crippen molar-refractivity contribution in [1.29, 1.82) is 0 Å². The highest BCUT2D eigenvalue weighted by atomic mass is 32.2. The van der Waals surface area contributed by atoms with Crippen LogP contribution in [0.4, 0.5) is 10.3 Å². The number of halogens is 1. The van der Waals surface area contributed by atoms with Crippen molar-refractivity contribution in [2.75, 3.05) is 17.6 Å². The molecular formula is C23H30FN3O6S. The number of aliphatic carboxylic acids is 1. The summed E-state index contributed by atoms with van der Waals surface area (Å²) in [5, 5.41) is 29.3. The molecule has 9 nitrogen and oxygen atoms in total. The van der Waals surface area contributed by atoms with E-state index in [0.29, 0.717) is 28.1 Å². The van der Waals surface area contributed by atoms with Gasteiger partial charge in [-0.15, -0.1) is 0 Å². The van der Waals surface area contributed by atoms with Crippen molar-refractivity contribution in [3.8, 4) is 11.3 Å². The standard InChI is InChI=1S/C23H30FN3O6S/c1-13(2)21-18(10-14(3)19(29)11-17(28)12-20(30)31)22(15-6-8-16(24)9-7-15)26-23(25-21)27(4)34(5,32)33/h6-10,13,17,19,28-29H,11-12H2,1-5H3,(H,30,31)/t17-,19+/m1/s1. The summed E-state index contributed by atoms with van der Waals surface area (Å²) in [4.78, 5) is 19.7. The maximum absolute atomic E-state index is 13.6. The number of carboxylic acid groups (broad SMARTS) is 1. The lowest BCUT2D eigenvalue weighted by Gasteiger charge is -2.21. The first-order valence-electron chi connectivity index (χ1n) is 10.6. The Morgan fingerprint density at radius 2 is 1.76 bits per heavy atom. The lowest BCUT2D eigenvalue weighted by atomic mass is 9.94. The highest BCUT2D eigenvalue weighted by Crippen LogP contribution is 2.32. The van der Waals surface area contributed by atoms with Gasteiger partial charge in [-0.1, -0.05) is 13.8 Å². The maximum Gasteiger partial charge on any atom is 0.305 e. The molecule has 0 aliphatic carbocycles. The number of aromatic nitrogens is 2. The Morgan fingerprint density at radius 1 is 1.18 bits per heavy atom. The SMILES string of the molecule is CC(=Cc1c(-c2ccc(F)cc2)nc(N(C)S(C)(=O)=O)nc1C(C)C)[C@@H](O)C[C@@H](O)CC(=O)O. The molecule has 0 saturated carbocycles. The van der Waals surface area contributed by atoms with Gasteiger partial charge in [-0.2, -0.15) is 0 Å². The highest BCUT2D eigenvalue weighted by Gasteiger charge is 2.23. The Hall–Kier alpha value is -2.89. The summed E-state index contributed by atoms with van der Waals surface area (Å²) in [5.41, 5.74) is 2.26. The summed E-state index contributed by atoms with van der Waals surface area (Å²) in [7, 11) is -2.33. The minimum atomic E-state index is -3.66. The fourth-order valence-corrected chi connectivity index (χ4v) is 3.60. The minimum absolute atomic E-state index is 0.0576. The number of anilines is 1. The van der Waals surface area contributed by atoms with Gasteiger partial charge in [0.2, 0.25) is 16.0 Å². The van der Waals surface area contributed by atoms with Gasteiger partial charge in [0.1, 0.15) is 5.82 Å². The van der Waals surface area contributed by atoms with E-state index in [1.165, 1.54) is 31.3 Å². The van der Waals surface area contributed by atoms with Gasteiger partial charge in [-0.05, 0) is 48.8 Å². The third kappa shape index (κ3) is 7.05. The molecule has 2 aromatic rings. The summed E-state index contributed by atoms with van der Waals surface area (Å²) in [5.74, 6) is -1.87. The Morgan fingerprint density at radius 3 is 2.26 bits per heavy atom. The van der Waals surface area contributed by atoms with E-state index in [1.54, 1.807) is 13.0 Å². The second-order valence-corrected chi connectivity index (χ2v) is 10.5. The van der Waals surface area contributed by atoms with Crippen LogP contribution in [0.25, 0.3) is 17.3 Å². The minimum Gasteiger partial charge on any atom is -0.481 e. The molecule has 0 aliphatic heterocycles. The van der Waals surface area contributed by atoms with Crippen LogP contribution in [0.2, 0.25) is 0 Å². The molecule has 0 spiro atoms. The topological polar surface area (TPSA) is 141 Å². The molecule has 34 heavy (non-hydrogen) atoms. The number of rotatable bonds is 10. The second-order valence-electron chi connectivity index (χ2n) is 8.45. The van der Waals surface area contributed by atoms with E-state index in [0.717, 1.165) is 10.6 Å². The predicted molar refractivity (Wildman–Crippen MR) is 127 cm³/mol. The van der Waals surface area contributed by atoms with Crippen LogP contribution in [0.15, 0.2) is 29.8 Å². The molecule has 1 heterocycles. The first-order valence-corrected chi connectivity index (χ1v) is 12.4. The van der Waals surface area contributed by atoms with E-state index in [2.05, 4.69) is 9.97 Å². The lowest BCUT2D eigenvalue weighted by molar-refractivity contribution is -0.139. The molecule has 0 fully saturated rings. The molecule has 1 aromatic heterocycles. The highest BCUT2D eigenvalue weighted by molar-refractivity contribution is 7.92. The molecule has 0 saturated heterocycles. The van der Waals surface area contributed by atoms with Gasteiger partial charge in [0.25, 0.3) is 0 Å². The number of nitrogens with zero attached hydrogens (tertiary/aromatic N) is 3. The van der Waals surface area contributed by atoms with Gasteiger partial charge < -0.3 is 15.3 Å². The molecule has 186 valence electrons. The maximum atomic E-state index is 13.6. The number of sulfonamides is 1. The normalized spacial score (nSPS) is 14.2. The number of aliphatic hydroxyl groups excluding tert-OH is 2. The number of hydrogen-bond acceptors (Lipinski definition) is 7. The quantitative estimate of drug-likeness (QED) is 0.457. The van der Waals surface area contributed by atoms with Crippen LogP contribution in [0.1, 0.15) is 50.8 Å². The zero-order chi connectivity index (χ0) is 25.8. The summed E-state index contributed by atoms with van der Waals surface area (Å²) in [6, 6.07) is 5.52.